The number of hydrogen-bond acceptors (Lipinski definition) is 5. The van der Waals surface area contributed by atoms with Crippen LogP contribution in [0.5, 0.6) is 0 Å². The Kier molecular flexibility index (Phi) is 4.48. The predicted molar refractivity (Wildman–Crippen MR) is 107 cm³/mol. The summed E-state index contributed by atoms with van der Waals surface area (Å²) in [5.74, 6) is -0.322. The first-order valence-corrected chi connectivity index (χ1v) is 9.47. The molecular weight excluding hydrogens is 412 g/mol. The van der Waals surface area contributed by atoms with Crippen LogP contribution in [-0.2, 0) is 0 Å². The Labute approximate surface area is 162 Å². The Morgan fingerprint density at radius 2 is 1.92 bits per heavy atom. The molecule has 1 amide bonds. The third-order valence-electron chi connectivity index (χ3n) is 3.78. The van der Waals surface area contributed by atoms with Crippen LogP contribution in [0.1, 0.15) is 16.1 Å². The molecule has 0 aliphatic heterocycles. The number of hydrogen-bond donors (Lipinski definition) is 1. The van der Waals surface area contributed by atoms with Crippen molar-refractivity contribution in [3.63, 3.8) is 0 Å². The average molecular weight is 425 g/mol. The monoisotopic (exact) mass is 424 g/mol. The molecule has 0 saturated heterocycles. The maximum absolute atomic E-state index is 12.8. The van der Waals surface area contributed by atoms with Crippen LogP contribution in [0.3, 0.4) is 0 Å². The Morgan fingerprint density at radius 1 is 1.12 bits per heavy atom. The second kappa shape index (κ2) is 6.93. The molecular formula is C19H13BrN4OS. The number of fused-ring (bicyclic) bond motifs is 1. The van der Waals surface area contributed by atoms with Crippen molar-refractivity contribution in [1.29, 1.82) is 0 Å². The molecule has 5 nitrogen and oxygen atoms in total. The second-order valence-corrected chi connectivity index (χ2v) is 7.56. The van der Waals surface area contributed by atoms with E-state index in [4.69, 9.17) is 0 Å². The van der Waals surface area contributed by atoms with Crippen LogP contribution in [0.2, 0.25) is 0 Å². The van der Waals surface area contributed by atoms with Gasteiger partial charge < -0.3 is 5.32 Å². The Balaban J connectivity index is 1.72. The summed E-state index contributed by atoms with van der Waals surface area (Å²) in [7, 11) is 0. The number of aromatic nitrogens is 3. The minimum absolute atomic E-state index is 0.249. The molecule has 2 heterocycles. The van der Waals surface area contributed by atoms with Crippen molar-refractivity contribution in [2.24, 2.45) is 0 Å². The zero-order valence-electron chi connectivity index (χ0n) is 13.7. The fourth-order valence-electron chi connectivity index (χ4n) is 2.54. The van der Waals surface area contributed by atoms with Gasteiger partial charge in [-0.1, -0.05) is 18.2 Å². The summed E-state index contributed by atoms with van der Waals surface area (Å²) in [5.41, 5.74) is 3.39. The molecule has 7 heteroatoms. The van der Waals surface area contributed by atoms with Gasteiger partial charge in [-0.15, -0.1) is 11.3 Å². The maximum Gasteiger partial charge on any atom is 0.276 e. The number of nitrogens with zero attached hydrogens (tertiary/aromatic N) is 3. The van der Waals surface area contributed by atoms with E-state index in [9.17, 15) is 4.79 Å². The smallest absolute Gasteiger partial charge is 0.276 e. The van der Waals surface area contributed by atoms with Gasteiger partial charge in [0.2, 0.25) is 0 Å². The number of halogens is 1. The molecule has 0 bridgehead atoms. The number of rotatable bonds is 3. The highest BCUT2D eigenvalue weighted by Crippen LogP contribution is 2.31. The van der Waals surface area contributed by atoms with E-state index in [1.54, 1.807) is 6.20 Å². The van der Waals surface area contributed by atoms with Crippen LogP contribution >= 0.6 is 27.3 Å². The minimum atomic E-state index is -0.322. The van der Waals surface area contributed by atoms with Crippen LogP contribution in [0.25, 0.3) is 20.9 Å². The standard InChI is InChI=1S/C19H13BrN4OS/c1-11-6-7-13(12(20)10-11)23-18(25)16-17(22-9-8-21-16)19-24-14-4-2-3-5-15(14)26-19/h2-10H,1H3,(H,23,25). The van der Waals surface area contributed by atoms with Gasteiger partial charge in [0, 0.05) is 16.9 Å². The first-order chi connectivity index (χ1) is 12.6. The van der Waals surface area contributed by atoms with Gasteiger partial charge in [-0.3, -0.25) is 4.79 Å². The number of benzene rings is 2. The van der Waals surface area contributed by atoms with E-state index < -0.39 is 0 Å². The average Bonchev–Trinajstić information content (AvgIpc) is 3.08. The molecule has 1 N–H and O–H groups in total. The molecule has 0 aliphatic carbocycles. The third kappa shape index (κ3) is 3.23. The van der Waals surface area contributed by atoms with Gasteiger partial charge in [0.25, 0.3) is 5.91 Å². The van der Waals surface area contributed by atoms with E-state index in [-0.39, 0.29) is 11.6 Å². The third-order valence-corrected chi connectivity index (χ3v) is 5.48. The molecule has 0 fully saturated rings. The summed E-state index contributed by atoms with van der Waals surface area (Å²) in [6, 6.07) is 13.6. The number of nitrogens with one attached hydrogen (secondary N) is 1. The Hall–Kier alpha value is -2.64. The van der Waals surface area contributed by atoms with Crippen molar-refractivity contribution in [2.75, 3.05) is 5.32 Å². The Morgan fingerprint density at radius 3 is 2.73 bits per heavy atom. The van der Waals surface area contributed by atoms with E-state index in [2.05, 4.69) is 36.2 Å². The maximum atomic E-state index is 12.8. The first-order valence-electron chi connectivity index (χ1n) is 7.86. The van der Waals surface area contributed by atoms with E-state index in [1.165, 1.54) is 17.5 Å². The molecule has 4 rings (SSSR count). The summed E-state index contributed by atoms with van der Waals surface area (Å²) < 4.78 is 1.86. The predicted octanol–water partition coefficient (Wildman–Crippen LogP) is 5.08. The minimum Gasteiger partial charge on any atom is -0.320 e. The lowest BCUT2D eigenvalue weighted by molar-refractivity contribution is 0.102. The summed E-state index contributed by atoms with van der Waals surface area (Å²) in [4.78, 5) is 26.0. The number of amides is 1. The zero-order chi connectivity index (χ0) is 18.1. The number of para-hydroxylation sites is 1. The van der Waals surface area contributed by atoms with Crippen LogP contribution in [0.15, 0.2) is 59.3 Å². The van der Waals surface area contributed by atoms with Crippen molar-refractivity contribution in [2.45, 2.75) is 6.92 Å². The second-order valence-electron chi connectivity index (χ2n) is 5.68. The molecule has 0 aliphatic rings. The lowest BCUT2D eigenvalue weighted by atomic mass is 10.2. The lowest BCUT2D eigenvalue weighted by Crippen LogP contribution is -2.16. The van der Waals surface area contributed by atoms with E-state index in [0.717, 1.165) is 20.3 Å². The van der Waals surface area contributed by atoms with Gasteiger partial charge in [0.15, 0.2) is 5.69 Å². The molecule has 0 unspecified atom stereocenters. The van der Waals surface area contributed by atoms with Crippen molar-refractivity contribution < 1.29 is 4.79 Å². The largest absolute Gasteiger partial charge is 0.320 e. The molecule has 2 aromatic carbocycles. The van der Waals surface area contributed by atoms with Crippen LogP contribution in [0, 0.1) is 6.92 Å². The van der Waals surface area contributed by atoms with Gasteiger partial charge in [-0.25, -0.2) is 15.0 Å². The molecule has 0 radical (unpaired) electrons. The van der Waals surface area contributed by atoms with Crippen LogP contribution < -0.4 is 5.32 Å². The highest BCUT2D eigenvalue weighted by molar-refractivity contribution is 9.10. The van der Waals surface area contributed by atoms with Gasteiger partial charge in [-0.2, -0.15) is 0 Å². The normalized spacial score (nSPS) is 10.8. The number of carbonyl (C=O) groups excluding carboxylic acids is 1. The first kappa shape index (κ1) is 16.8. The SMILES string of the molecule is Cc1ccc(NC(=O)c2nccnc2-c2nc3ccccc3s2)c(Br)c1. The summed E-state index contributed by atoms with van der Waals surface area (Å²) in [6.07, 6.45) is 3.08. The summed E-state index contributed by atoms with van der Waals surface area (Å²) >= 11 is 4.96. The van der Waals surface area contributed by atoms with Crippen molar-refractivity contribution in [3.8, 4) is 10.7 Å². The van der Waals surface area contributed by atoms with Gasteiger partial charge >= 0.3 is 0 Å². The topological polar surface area (TPSA) is 67.8 Å². The van der Waals surface area contributed by atoms with Gasteiger partial charge in [-0.05, 0) is 52.7 Å². The molecule has 0 saturated carbocycles. The lowest BCUT2D eigenvalue weighted by Gasteiger charge is -2.09. The number of thiazole rings is 1. The van der Waals surface area contributed by atoms with Crippen LogP contribution in [-0.4, -0.2) is 20.9 Å². The zero-order valence-corrected chi connectivity index (χ0v) is 16.1. The van der Waals surface area contributed by atoms with Gasteiger partial charge in [0.05, 0.1) is 15.9 Å². The van der Waals surface area contributed by atoms with E-state index in [0.29, 0.717) is 16.4 Å². The number of carbonyl (C=O) groups is 1. The van der Waals surface area contributed by atoms with E-state index >= 15 is 0 Å². The van der Waals surface area contributed by atoms with Crippen LogP contribution in [0.4, 0.5) is 5.69 Å². The number of aryl methyl sites for hydroxylation is 1. The fourth-order valence-corrected chi connectivity index (χ4v) is 4.09. The summed E-state index contributed by atoms with van der Waals surface area (Å²) in [5, 5.41) is 3.56. The molecule has 26 heavy (non-hydrogen) atoms. The molecule has 0 spiro atoms. The highest BCUT2D eigenvalue weighted by Gasteiger charge is 2.19. The molecule has 4 aromatic rings. The van der Waals surface area contributed by atoms with E-state index in [1.807, 2.05) is 49.4 Å². The van der Waals surface area contributed by atoms with Crippen molar-refractivity contribution in [1.82, 2.24) is 15.0 Å². The molecule has 128 valence electrons. The highest BCUT2D eigenvalue weighted by atomic mass is 79.9. The quantitative estimate of drug-likeness (QED) is 0.497. The van der Waals surface area contributed by atoms with Gasteiger partial charge in [0.1, 0.15) is 10.7 Å². The fraction of sp³-hybridized carbons (Fsp3) is 0.0526. The Bertz CT molecular complexity index is 1090. The van der Waals surface area contributed by atoms with Crippen molar-refractivity contribution in [3.05, 3.63) is 70.6 Å². The number of anilines is 1. The molecule has 0 atom stereocenters. The molecule has 2 aromatic heterocycles. The van der Waals surface area contributed by atoms with Crippen molar-refractivity contribution >= 4 is 49.1 Å². The summed E-state index contributed by atoms with van der Waals surface area (Å²) in [6.45, 7) is 1.99.